The van der Waals surface area contributed by atoms with Crippen LogP contribution in [0.1, 0.15) is 44.9 Å². The molecule has 0 fully saturated rings. The zero-order valence-corrected chi connectivity index (χ0v) is 10.9. The van der Waals surface area contributed by atoms with E-state index in [2.05, 4.69) is 0 Å². The fourth-order valence-corrected chi connectivity index (χ4v) is 1.82. The molecular formula is C15H23FO2. The number of rotatable bonds is 10. The highest BCUT2D eigenvalue weighted by atomic mass is 19.1. The van der Waals surface area contributed by atoms with E-state index in [1.807, 2.05) is 0 Å². The minimum Gasteiger partial charge on any atom is -0.494 e. The van der Waals surface area contributed by atoms with Gasteiger partial charge in [0, 0.05) is 6.61 Å². The average molecular weight is 254 g/mol. The maximum Gasteiger partial charge on any atom is 0.123 e. The zero-order valence-electron chi connectivity index (χ0n) is 10.9. The Morgan fingerprint density at radius 1 is 0.833 bits per heavy atom. The van der Waals surface area contributed by atoms with E-state index in [-0.39, 0.29) is 5.82 Å². The highest BCUT2D eigenvalue weighted by Gasteiger charge is 1.95. The number of unbranched alkanes of at least 4 members (excludes halogenated alkanes) is 6. The van der Waals surface area contributed by atoms with Gasteiger partial charge in [0.25, 0.3) is 0 Å². The van der Waals surface area contributed by atoms with E-state index in [1.165, 1.54) is 37.8 Å². The standard InChI is InChI=1S/C15H23FO2/c16-14-8-10-15(11-9-14)18-13-7-5-3-1-2-4-6-12-17/h8-11,17H,1-7,12-13H2. The van der Waals surface area contributed by atoms with Gasteiger partial charge in [0.05, 0.1) is 6.61 Å². The zero-order chi connectivity index (χ0) is 13.1. The first-order valence-corrected chi connectivity index (χ1v) is 6.82. The predicted octanol–water partition coefficient (Wildman–Crippen LogP) is 3.93. The van der Waals surface area contributed by atoms with Crippen LogP contribution in [0.3, 0.4) is 0 Å². The minimum atomic E-state index is -0.231. The molecule has 0 aromatic heterocycles. The molecule has 1 aromatic rings. The van der Waals surface area contributed by atoms with Crippen molar-refractivity contribution < 1.29 is 14.2 Å². The molecule has 0 amide bonds. The maximum absolute atomic E-state index is 12.6. The van der Waals surface area contributed by atoms with Crippen LogP contribution in [0.4, 0.5) is 4.39 Å². The second-order valence-electron chi connectivity index (χ2n) is 4.50. The van der Waals surface area contributed by atoms with Gasteiger partial charge in [0.1, 0.15) is 11.6 Å². The molecule has 1 rings (SSSR count). The van der Waals surface area contributed by atoms with Crippen LogP contribution in [0.15, 0.2) is 24.3 Å². The van der Waals surface area contributed by atoms with Crippen molar-refractivity contribution in [1.82, 2.24) is 0 Å². The third kappa shape index (κ3) is 7.28. The first-order chi connectivity index (χ1) is 8.83. The SMILES string of the molecule is OCCCCCCCCCOc1ccc(F)cc1. The largest absolute Gasteiger partial charge is 0.494 e. The van der Waals surface area contributed by atoms with Gasteiger partial charge < -0.3 is 9.84 Å². The van der Waals surface area contributed by atoms with Gasteiger partial charge in [-0.25, -0.2) is 4.39 Å². The molecule has 3 heteroatoms. The fourth-order valence-electron chi connectivity index (χ4n) is 1.82. The Labute approximate surface area is 109 Å². The van der Waals surface area contributed by atoms with Crippen LogP contribution in [-0.2, 0) is 0 Å². The van der Waals surface area contributed by atoms with Gasteiger partial charge in [-0.2, -0.15) is 0 Å². The number of ether oxygens (including phenoxy) is 1. The second kappa shape index (κ2) is 9.89. The van der Waals surface area contributed by atoms with E-state index >= 15 is 0 Å². The van der Waals surface area contributed by atoms with Crippen LogP contribution in [0.25, 0.3) is 0 Å². The van der Waals surface area contributed by atoms with Crippen LogP contribution >= 0.6 is 0 Å². The molecule has 102 valence electrons. The fraction of sp³-hybridized carbons (Fsp3) is 0.600. The third-order valence-corrected chi connectivity index (χ3v) is 2.88. The lowest BCUT2D eigenvalue weighted by atomic mass is 10.1. The molecule has 0 spiro atoms. The molecule has 0 atom stereocenters. The molecule has 0 aliphatic heterocycles. The molecule has 18 heavy (non-hydrogen) atoms. The minimum absolute atomic E-state index is 0.231. The smallest absolute Gasteiger partial charge is 0.123 e. The quantitative estimate of drug-likeness (QED) is 0.641. The average Bonchev–Trinajstić information content (AvgIpc) is 2.39. The van der Waals surface area contributed by atoms with Gasteiger partial charge in [-0.05, 0) is 37.1 Å². The van der Waals surface area contributed by atoms with Crippen LogP contribution in [0, 0.1) is 5.82 Å². The number of aliphatic hydroxyl groups excluding tert-OH is 1. The molecule has 2 nitrogen and oxygen atoms in total. The summed E-state index contributed by atoms with van der Waals surface area (Å²) in [4.78, 5) is 0. The van der Waals surface area contributed by atoms with Gasteiger partial charge in [0.2, 0.25) is 0 Å². The Balaban J connectivity index is 1.91. The Morgan fingerprint density at radius 3 is 2.00 bits per heavy atom. The first kappa shape index (κ1) is 15.0. The highest BCUT2D eigenvalue weighted by Crippen LogP contribution is 2.12. The van der Waals surface area contributed by atoms with Crippen molar-refractivity contribution in [3.05, 3.63) is 30.1 Å². The van der Waals surface area contributed by atoms with Crippen LogP contribution in [0.2, 0.25) is 0 Å². The second-order valence-corrected chi connectivity index (χ2v) is 4.50. The van der Waals surface area contributed by atoms with Crippen molar-refractivity contribution in [3.63, 3.8) is 0 Å². The monoisotopic (exact) mass is 254 g/mol. The van der Waals surface area contributed by atoms with E-state index in [9.17, 15) is 4.39 Å². The number of benzene rings is 1. The van der Waals surface area contributed by atoms with Crippen molar-refractivity contribution >= 4 is 0 Å². The molecule has 0 aliphatic carbocycles. The molecule has 1 aromatic carbocycles. The molecule has 0 saturated heterocycles. The summed E-state index contributed by atoms with van der Waals surface area (Å²) in [5.74, 6) is 0.504. The Morgan fingerprint density at radius 2 is 1.39 bits per heavy atom. The molecule has 0 heterocycles. The lowest BCUT2D eigenvalue weighted by molar-refractivity contribution is 0.281. The first-order valence-electron chi connectivity index (χ1n) is 6.82. The molecule has 0 radical (unpaired) electrons. The van der Waals surface area contributed by atoms with Crippen molar-refractivity contribution in [1.29, 1.82) is 0 Å². The van der Waals surface area contributed by atoms with Gasteiger partial charge >= 0.3 is 0 Å². The van der Waals surface area contributed by atoms with Crippen molar-refractivity contribution in [2.75, 3.05) is 13.2 Å². The van der Waals surface area contributed by atoms with Crippen LogP contribution in [-0.4, -0.2) is 18.3 Å². The van der Waals surface area contributed by atoms with E-state index < -0.39 is 0 Å². The Kier molecular flexibility index (Phi) is 8.23. The van der Waals surface area contributed by atoms with Gasteiger partial charge in [-0.15, -0.1) is 0 Å². The molecule has 0 aliphatic rings. The summed E-state index contributed by atoms with van der Waals surface area (Å²) >= 11 is 0. The predicted molar refractivity (Wildman–Crippen MR) is 71.3 cm³/mol. The number of hydrogen-bond acceptors (Lipinski definition) is 2. The summed E-state index contributed by atoms with van der Waals surface area (Å²) < 4.78 is 18.1. The molecular weight excluding hydrogens is 231 g/mol. The molecule has 0 unspecified atom stereocenters. The van der Waals surface area contributed by atoms with Gasteiger partial charge in [0.15, 0.2) is 0 Å². The van der Waals surface area contributed by atoms with Crippen molar-refractivity contribution in [3.8, 4) is 5.75 Å². The van der Waals surface area contributed by atoms with Crippen molar-refractivity contribution in [2.24, 2.45) is 0 Å². The topological polar surface area (TPSA) is 29.5 Å². The lowest BCUT2D eigenvalue weighted by Gasteiger charge is -2.05. The van der Waals surface area contributed by atoms with Crippen LogP contribution < -0.4 is 4.74 Å². The Hall–Kier alpha value is -1.09. The Bertz CT molecular complexity index is 298. The van der Waals surface area contributed by atoms with E-state index in [0.717, 1.165) is 25.0 Å². The number of halogens is 1. The summed E-state index contributed by atoms with van der Waals surface area (Å²) in [6, 6.07) is 6.14. The summed E-state index contributed by atoms with van der Waals surface area (Å²) in [5.41, 5.74) is 0. The lowest BCUT2D eigenvalue weighted by Crippen LogP contribution is -1.97. The highest BCUT2D eigenvalue weighted by molar-refractivity contribution is 5.21. The number of aliphatic hydroxyl groups is 1. The summed E-state index contributed by atoms with van der Waals surface area (Å²) in [6.07, 6.45) is 7.92. The summed E-state index contributed by atoms with van der Waals surface area (Å²) in [7, 11) is 0. The van der Waals surface area contributed by atoms with E-state index in [1.54, 1.807) is 12.1 Å². The van der Waals surface area contributed by atoms with Gasteiger partial charge in [-0.1, -0.05) is 32.1 Å². The number of hydrogen-bond donors (Lipinski definition) is 1. The van der Waals surface area contributed by atoms with E-state index in [0.29, 0.717) is 13.2 Å². The van der Waals surface area contributed by atoms with Crippen LogP contribution in [0.5, 0.6) is 5.75 Å². The normalized spacial score (nSPS) is 10.6. The molecule has 0 bridgehead atoms. The van der Waals surface area contributed by atoms with Gasteiger partial charge in [-0.3, -0.25) is 0 Å². The third-order valence-electron chi connectivity index (χ3n) is 2.88. The summed E-state index contributed by atoms with van der Waals surface area (Å²) in [6.45, 7) is 1.01. The molecule has 0 saturated carbocycles. The summed E-state index contributed by atoms with van der Waals surface area (Å²) in [5, 5.41) is 8.62. The van der Waals surface area contributed by atoms with E-state index in [4.69, 9.17) is 9.84 Å². The van der Waals surface area contributed by atoms with Crippen molar-refractivity contribution in [2.45, 2.75) is 44.9 Å². The maximum atomic E-state index is 12.6. The molecule has 1 N–H and O–H groups in total.